The van der Waals surface area contributed by atoms with Gasteiger partial charge >= 0.3 is 0 Å². The summed E-state index contributed by atoms with van der Waals surface area (Å²) in [6.07, 6.45) is 0. The predicted molar refractivity (Wildman–Crippen MR) is 85.9 cm³/mol. The Morgan fingerprint density at radius 3 is 2.24 bits per heavy atom. The zero-order valence-electron chi connectivity index (χ0n) is 13.8. The van der Waals surface area contributed by atoms with E-state index in [-0.39, 0.29) is 17.6 Å². The van der Waals surface area contributed by atoms with E-state index in [4.69, 9.17) is 10.5 Å². The van der Waals surface area contributed by atoms with Crippen molar-refractivity contribution < 1.29 is 9.13 Å². The molecule has 0 spiro atoms. The third-order valence-electron chi connectivity index (χ3n) is 4.13. The molecule has 4 heteroatoms. The molecule has 1 aromatic rings. The topological polar surface area (TPSA) is 47.3 Å². The number of nitrogens with one attached hydrogen (secondary N) is 1. The minimum atomic E-state index is -0.348. The predicted octanol–water partition coefficient (Wildman–Crippen LogP) is 3.35. The molecule has 0 bridgehead atoms. The Morgan fingerprint density at radius 1 is 1.19 bits per heavy atom. The van der Waals surface area contributed by atoms with Crippen molar-refractivity contribution in [2.75, 3.05) is 20.2 Å². The quantitative estimate of drug-likeness (QED) is 0.773. The molecule has 0 saturated heterocycles. The molecule has 1 aromatic carbocycles. The smallest absolute Gasteiger partial charge is 0.165 e. The number of benzene rings is 1. The Hall–Kier alpha value is -1.13. The molecular weight excluding hydrogens is 267 g/mol. The number of methoxy groups -OCH3 is 1. The summed E-state index contributed by atoms with van der Waals surface area (Å²) in [7, 11) is 1.46. The summed E-state index contributed by atoms with van der Waals surface area (Å²) in [6, 6.07) is 4.98. The summed E-state index contributed by atoms with van der Waals surface area (Å²) >= 11 is 0. The Kier molecular flexibility index (Phi) is 7.12. The van der Waals surface area contributed by atoms with Crippen LogP contribution in [0, 0.1) is 23.6 Å². The van der Waals surface area contributed by atoms with E-state index in [1.54, 1.807) is 6.07 Å². The van der Waals surface area contributed by atoms with E-state index in [9.17, 15) is 4.39 Å². The molecule has 21 heavy (non-hydrogen) atoms. The first-order chi connectivity index (χ1) is 9.90. The lowest BCUT2D eigenvalue weighted by molar-refractivity contribution is 0.266. The molecule has 120 valence electrons. The Bertz CT molecular complexity index is 427. The number of halogens is 1. The highest BCUT2D eigenvalue weighted by molar-refractivity contribution is 5.31. The van der Waals surface area contributed by atoms with Gasteiger partial charge in [0, 0.05) is 12.6 Å². The monoisotopic (exact) mass is 296 g/mol. The molecule has 3 N–H and O–H groups in total. The lowest BCUT2D eigenvalue weighted by atomic mass is 9.85. The van der Waals surface area contributed by atoms with Crippen LogP contribution in [0.1, 0.15) is 39.3 Å². The van der Waals surface area contributed by atoms with E-state index < -0.39 is 0 Å². The van der Waals surface area contributed by atoms with Crippen LogP contribution in [0.25, 0.3) is 0 Å². The standard InChI is InChI=1S/C17H29FN2O/c1-11(2)14(12(3)4)10-20-16(9-19)13-6-7-17(21-5)15(18)8-13/h6-8,11-12,14,16,20H,9-10,19H2,1-5H3. The number of rotatable bonds is 8. The maximum Gasteiger partial charge on any atom is 0.165 e. The van der Waals surface area contributed by atoms with Gasteiger partial charge < -0.3 is 15.8 Å². The largest absolute Gasteiger partial charge is 0.494 e. The highest BCUT2D eigenvalue weighted by Gasteiger charge is 2.19. The van der Waals surface area contributed by atoms with Crippen LogP contribution >= 0.6 is 0 Å². The fourth-order valence-corrected chi connectivity index (χ4v) is 2.76. The molecule has 1 unspecified atom stereocenters. The number of hydrogen-bond donors (Lipinski definition) is 2. The van der Waals surface area contributed by atoms with Crippen LogP contribution in [-0.2, 0) is 0 Å². The van der Waals surface area contributed by atoms with E-state index >= 15 is 0 Å². The molecule has 0 aliphatic carbocycles. The second kappa shape index (κ2) is 8.35. The molecule has 0 saturated carbocycles. The maximum atomic E-state index is 13.8. The van der Waals surface area contributed by atoms with Gasteiger partial charge in [0.25, 0.3) is 0 Å². The number of ether oxygens (including phenoxy) is 1. The lowest BCUT2D eigenvalue weighted by Gasteiger charge is -2.28. The SMILES string of the molecule is COc1ccc(C(CN)NCC(C(C)C)C(C)C)cc1F. The summed E-state index contributed by atoms with van der Waals surface area (Å²) < 4.78 is 18.8. The first kappa shape index (κ1) is 17.9. The van der Waals surface area contributed by atoms with Crippen LogP contribution < -0.4 is 15.8 Å². The van der Waals surface area contributed by atoms with Gasteiger partial charge in [0.15, 0.2) is 11.6 Å². The van der Waals surface area contributed by atoms with Gasteiger partial charge in [-0.1, -0.05) is 33.8 Å². The highest BCUT2D eigenvalue weighted by atomic mass is 19.1. The van der Waals surface area contributed by atoms with Crippen LogP contribution in [0.5, 0.6) is 5.75 Å². The lowest BCUT2D eigenvalue weighted by Crippen LogP contribution is -2.35. The van der Waals surface area contributed by atoms with Gasteiger partial charge in [-0.05, 0) is 42.0 Å². The van der Waals surface area contributed by atoms with Crippen molar-refractivity contribution in [2.45, 2.75) is 33.7 Å². The number of nitrogens with two attached hydrogens (primary N) is 1. The average molecular weight is 296 g/mol. The Labute approximate surface area is 128 Å². The highest BCUT2D eigenvalue weighted by Crippen LogP contribution is 2.24. The van der Waals surface area contributed by atoms with Crippen LogP contribution in [-0.4, -0.2) is 20.2 Å². The van der Waals surface area contributed by atoms with E-state index in [1.807, 2.05) is 6.07 Å². The summed E-state index contributed by atoms with van der Waals surface area (Å²) in [6.45, 7) is 10.3. The molecule has 0 amide bonds. The fourth-order valence-electron chi connectivity index (χ4n) is 2.76. The van der Waals surface area contributed by atoms with Crippen molar-refractivity contribution >= 4 is 0 Å². The van der Waals surface area contributed by atoms with Gasteiger partial charge in [0.2, 0.25) is 0 Å². The Balaban J connectivity index is 2.77. The average Bonchev–Trinajstić information content (AvgIpc) is 2.42. The van der Waals surface area contributed by atoms with Crippen molar-refractivity contribution in [3.8, 4) is 5.75 Å². The van der Waals surface area contributed by atoms with E-state index in [1.165, 1.54) is 13.2 Å². The van der Waals surface area contributed by atoms with Crippen molar-refractivity contribution in [3.63, 3.8) is 0 Å². The summed E-state index contributed by atoms with van der Waals surface area (Å²) in [5.74, 6) is 1.69. The third-order valence-corrected chi connectivity index (χ3v) is 4.13. The molecular formula is C17H29FN2O. The zero-order valence-corrected chi connectivity index (χ0v) is 13.8. The Morgan fingerprint density at radius 2 is 1.81 bits per heavy atom. The second-order valence-electron chi connectivity index (χ2n) is 6.24. The van der Waals surface area contributed by atoms with Gasteiger partial charge in [0.05, 0.1) is 7.11 Å². The van der Waals surface area contributed by atoms with Crippen molar-refractivity contribution in [1.29, 1.82) is 0 Å². The zero-order chi connectivity index (χ0) is 16.0. The molecule has 0 fully saturated rings. The summed E-state index contributed by atoms with van der Waals surface area (Å²) in [4.78, 5) is 0. The normalized spacial score (nSPS) is 13.2. The fraction of sp³-hybridized carbons (Fsp3) is 0.647. The van der Waals surface area contributed by atoms with E-state index in [0.29, 0.717) is 24.3 Å². The first-order valence-electron chi connectivity index (χ1n) is 7.67. The number of hydrogen-bond acceptors (Lipinski definition) is 3. The summed E-state index contributed by atoms with van der Waals surface area (Å²) in [5.41, 5.74) is 6.71. The minimum Gasteiger partial charge on any atom is -0.494 e. The third kappa shape index (κ3) is 4.97. The molecule has 0 aliphatic heterocycles. The maximum absolute atomic E-state index is 13.8. The molecule has 3 nitrogen and oxygen atoms in total. The van der Waals surface area contributed by atoms with Gasteiger partial charge in [-0.3, -0.25) is 0 Å². The molecule has 0 heterocycles. The summed E-state index contributed by atoms with van der Waals surface area (Å²) in [5, 5.41) is 3.48. The second-order valence-corrected chi connectivity index (χ2v) is 6.24. The first-order valence-corrected chi connectivity index (χ1v) is 7.67. The van der Waals surface area contributed by atoms with Crippen LogP contribution in [0.3, 0.4) is 0 Å². The molecule has 1 rings (SSSR count). The molecule has 1 atom stereocenters. The van der Waals surface area contributed by atoms with Crippen LogP contribution in [0.4, 0.5) is 4.39 Å². The van der Waals surface area contributed by atoms with Crippen LogP contribution in [0.15, 0.2) is 18.2 Å². The van der Waals surface area contributed by atoms with Gasteiger partial charge in [-0.2, -0.15) is 0 Å². The van der Waals surface area contributed by atoms with Crippen molar-refractivity contribution in [1.82, 2.24) is 5.32 Å². The van der Waals surface area contributed by atoms with E-state index in [0.717, 1.165) is 12.1 Å². The van der Waals surface area contributed by atoms with Gasteiger partial charge in [-0.25, -0.2) is 4.39 Å². The van der Waals surface area contributed by atoms with Gasteiger partial charge in [0.1, 0.15) is 0 Å². The molecule has 0 aromatic heterocycles. The minimum absolute atomic E-state index is 0.0367. The molecule has 0 radical (unpaired) electrons. The van der Waals surface area contributed by atoms with Crippen LogP contribution in [0.2, 0.25) is 0 Å². The van der Waals surface area contributed by atoms with E-state index in [2.05, 4.69) is 33.0 Å². The van der Waals surface area contributed by atoms with Gasteiger partial charge in [-0.15, -0.1) is 0 Å². The molecule has 0 aliphatic rings. The van der Waals surface area contributed by atoms with Crippen molar-refractivity contribution in [2.24, 2.45) is 23.5 Å². The van der Waals surface area contributed by atoms with Crippen molar-refractivity contribution in [3.05, 3.63) is 29.6 Å².